The highest BCUT2D eigenvalue weighted by Crippen LogP contribution is 2.59. The molecule has 2 atom stereocenters. The standard InChI is InChI=1S/C21H20N2O4/c1-3-15-16(8-7-13-5-4-6-14(11-13)27-2)22-18-9-10-21(20(25)26)12-17(21)23(18)19(15)24/h4-11,17H,3,12H2,1-2H3,(H,25,26)/b8-7+. The number of carboxylic acid groups (broad SMARTS) is 1. The molecular weight excluding hydrogens is 344 g/mol. The van der Waals surface area contributed by atoms with E-state index in [-0.39, 0.29) is 11.6 Å². The number of benzene rings is 1. The zero-order chi connectivity index (χ0) is 19.2. The maximum atomic E-state index is 13.0. The van der Waals surface area contributed by atoms with Crippen LogP contribution in [-0.4, -0.2) is 27.7 Å². The highest BCUT2D eigenvalue weighted by molar-refractivity contribution is 5.84. The van der Waals surface area contributed by atoms with Crippen molar-refractivity contribution < 1.29 is 14.6 Å². The van der Waals surface area contributed by atoms with Gasteiger partial charge in [-0.3, -0.25) is 14.2 Å². The van der Waals surface area contributed by atoms with Gasteiger partial charge in [0.1, 0.15) is 17.0 Å². The quantitative estimate of drug-likeness (QED) is 0.882. The Labute approximate surface area is 156 Å². The maximum Gasteiger partial charge on any atom is 0.315 e. The molecule has 1 aliphatic heterocycles. The average Bonchev–Trinajstić information content (AvgIpc) is 3.42. The second kappa shape index (κ2) is 6.23. The van der Waals surface area contributed by atoms with Crippen LogP contribution in [-0.2, 0) is 11.2 Å². The van der Waals surface area contributed by atoms with Crippen LogP contribution in [0.3, 0.4) is 0 Å². The first-order valence-corrected chi connectivity index (χ1v) is 8.90. The predicted octanol–water partition coefficient (Wildman–Crippen LogP) is 3.03. The average molecular weight is 364 g/mol. The molecular formula is C21H20N2O4. The summed E-state index contributed by atoms with van der Waals surface area (Å²) in [5.74, 6) is 0.385. The van der Waals surface area contributed by atoms with Crippen LogP contribution in [0.1, 0.15) is 42.0 Å². The van der Waals surface area contributed by atoms with Gasteiger partial charge in [0.05, 0.1) is 18.8 Å². The molecule has 0 amide bonds. The van der Waals surface area contributed by atoms with E-state index in [1.165, 1.54) is 0 Å². The van der Waals surface area contributed by atoms with Crippen LogP contribution in [0.5, 0.6) is 5.75 Å². The molecule has 0 saturated heterocycles. The molecule has 1 aromatic heterocycles. The van der Waals surface area contributed by atoms with Gasteiger partial charge in [-0.05, 0) is 42.7 Å². The van der Waals surface area contributed by atoms with Crippen molar-refractivity contribution >= 4 is 24.2 Å². The van der Waals surface area contributed by atoms with E-state index in [0.717, 1.165) is 11.3 Å². The Hall–Kier alpha value is -3.15. The molecule has 1 saturated carbocycles. The van der Waals surface area contributed by atoms with Gasteiger partial charge in [-0.2, -0.15) is 0 Å². The Morgan fingerprint density at radius 1 is 1.44 bits per heavy atom. The van der Waals surface area contributed by atoms with Crippen molar-refractivity contribution in [2.75, 3.05) is 7.11 Å². The minimum atomic E-state index is -0.943. The molecule has 1 N–H and O–H groups in total. The molecule has 2 aromatic rings. The Bertz CT molecular complexity index is 1050. The third kappa shape index (κ3) is 2.68. The summed E-state index contributed by atoms with van der Waals surface area (Å²) in [6.45, 7) is 1.91. The van der Waals surface area contributed by atoms with Crippen LogP contribution in [0.25, 0.3) is 18.2 Å². The van der Waals surface area contributed by atoms with Crippen molar-refractivity contribution in [2.24, 2.45) is 5.41 Å². The van der Waals surface area contributed by atoms with E-state index in [4.69, 9.17) is 4.74 Å². The van der Waals surface area contributed by atoms with Crippen LogP contribution in [0, 0.1) is 5.41 Å². The number of fused-ring (bicyclic) bond motifs is 3. The molecule has 138 valence electrons. The first kappa shape index (κ1) is 17.3. The first-order valence-electron chi connectivity index (χ1n) is 8.90. The van der Waals surface area contributed by atoms with E-state index < -0.39 is 11.4 Å². The largest absolute Gasteiger partial charge is 0.497 e. The van der Waals surface area contributed by atoms with Gasteiger partial charge in [0.15, 0.2) is 0 Å². The van der Waals surface area contributed by atoms with E-state index in [2.05, 4.69) is 4.98 Å². The second-order valence-corrected chi connectivity index (χ2v) is 6.87. The zero-order valence-electron chi connectivity index (χ0n) is 15.2. The molecule has 0 spiro atoms. The predicted molar refractivity (Wildman–Crippen MR) is 103 cm³/mol. The molecule has 0 radical (unpaired) electrons. The number of hydrogen-bond donors (Lipinski definition) is 1. The summed E-state index contributed by atoms with van der Waals surface area (Å²) >= 11 is 0. The van der Waals surface area contributed by atoms with Gasteiger partial charge >= 0.3 is 5.97 Å². The van der Waals surface area contributed by atoms with Crippen LogP contribution in [0.2, 0.25) is 0 Å². The molecule has 6 heteroatoms. The first-order chi connectivity index (χ1) is 13.0. The highest BCUT2D eigenvalue weighted by atomic mass is 16.5. The van der Waals surface area contributed by atoms with Gasteiger partial charge in [0.25, 0.3) is 5.56 Å². The van der Waals surface area contributed by atoms with E-state index in [1.807, 2.05) is 43.3 Å². The minimum Gasteiger partial charge on any atom is -0.497 e. The van der Waals surface area contributed by atoms with E-state index in [0.29, 0.717) is 29.9 Å². The summed E-state index contributed by atoms with van der Waals surface area (Å²) in [4.78, 5) is 29.2. The third-order valence-electron chi connectivity index (χ3n) is 5.35. The van der Waals surface area contributed by atoms with Gasteiger partial charge in [0.2, 0.25) is 0 Å². The fourth-order valence-electron chi connectivity index (χ4n) is 3.70. The number of nitrogens with zero attached hydrogens (tertiary/aromatic N) is 2. The summed E-state index contributed by atoms with van der Waals surface area (Å²) in [6.07, 6.45) is 8.02. The molecule has 4 rings (SSSR count). The maximum absolute atomic E-state index is 13.0. The van der Waals surface area contributed by atoms with Crippen molar-refractivity contribution in [3.63, 3.8) is 0 Å². The monoisotopic (exact) mass is 364 g/mol. The number of methoxy groups -OCH3 is 1. The SMILES string of the molecule is CCc1c(/C=C/c2cccc(OC)c2)nc2n(c1=O)C1CC1(C(=O)O)C=C2. The second-order valence-electron chi connectivity index (χ2n) is 6.87. The summed E-state index contributed by atoms with van der Waals surface area (Å²) in [6, 6.07) is 7.28. The van der Waals surface area contributed by atoms with Crippen molar-refractivity contribution in [1.29, 1.82) is 0 Å². The smallest absolute Gasteiger partial charge is 0.315 e. The fourth-order valence-corrected chi connectivity index (χ4v) is 3.70. The molecule has 1 fully saturated rings. The van der Waals surface area contributed by atoms with Crippen molar-refractivity contribution in [3.05, 3.63) is 63.3 Å². The molecule has 2 aliphatic rings. The van der Waals surface area contributed by atoms with Crippen molar-refractivity contribution in [3.8, 4) is 5.75 Å². The summed E-state index contributed by atoms with van der Waals surface area (Å²) in [5, 5.41) is 9.48. The van der Waals surface area contributed by atoms with Gasteiger partial charge < -0.3 is 9.84 Å². The Morgan fingerprint density at radius 3 is 2.96 bits per heavy atom. The lowest BCUT2D eigenvalue weighted by atomic mass is 10.0. The molecule has 27 heavy (non-hydrogen) atoms. The topological polar surface area (TPSA) is 81.4 Å². The number of carbonyl (C=O) groups is 1. The summed E-state index contributed by atoms with van der Waals surface area (Å²) in [5.41, 5.74) is 1.06. The minimum absolute atomic E-state index is 0.148. The van der Waals surface area contributed by atoms with Crippen molar-refractivity contribution in [1.82, 2.24) is 9.55 Å². The number of carboxylic acids is 1. The number of rotatable bonds is 5. The van der Waals surface area contributed by atoms with E-state index >= 15 is 0 Å². The molecule has 0 bridgehead atoms. The lowest BCUT2D eigenvalue weighted by Crippen LogP contribution is -2.32. The summed E-state index contributed by atoms with van der Waals surface area (Å²) in [7, 11) is 1.62. The van der Waals surface area contributed by atoms with Crippen LogP contribution >= 0.6 is 0 Å². The number of hydrogen-bond acceptors (Lipinski definition) is 4. The molecule has 1 aliphatic carbocycles. The molecule has 1 aromatic carbocycles. The van der Waals surface area contributed by atoms with Crippen molar-refractivity contribution in [2.45, 2.75) is 25.8 Å². The Morgan fingerprint density at radius 2 is 2.26 bits per heavy atom. The lowest BCUT2D eigenvalue weighted by Gasteiger charge is -2.19. The summed E-state index contributed by atoms with van der Waals surface area (Å²) < 4.78 is 6.78. The Balaban J connectivity index is 1.76. The zero-order valence-corrected chi connectivity index (χ0v) is 15.2. The van der Waals surface area contributed by atoms with Crippen LogP contribution in [0.4, 0.5) is 0 Å². The Kier molecular flexibility index (Phi) is 3.98. The molecule has 2 unspecified atom stereocenters. The van der Waals surface area contributed by atoms with Gasteiger partial charge in [-0.15, -0.1) is 0 Å². The van der Waals surface area contributed by atoms with E-state index in [9.17, 15) is 14.7 Å². The van der Waals surface area contributed by atoms with E-state index in [1.54, 1.807) is 23.8 Å². The molecule has 6 nitrogen and oxygen atoms in total. The number of aromatic nitrogens is 2. The highest BCUT2D eigenvalue weighted by Gasteiger charge is 2.62. The lowest BCUT2D eigenvalue weighted by molar-refractivity contribution is -0.141. The van der Waals surface area contributed by atoms with Gasteiger partial charge in [-0.1, -0.05) is 31.2 Å². The van der Waals surface area contributed by atoms with Gasteiger partial charge in [-0.25, -0.2) is 4.98 Å². The van der Waals surface area contributed by atoms with Crippen LogP contribution in [0.15, 0.2) is 35.1 Å². The normalized spacial score (nSPS) is 22.4. The third-order valence-corrected chi connectivity index (χ3v) is 5.35. The van der Waals surface area contributed by atoms with Crippen LogP contribution < -0.4 is 10.3 Å². The number of ether oxygens (including phenoxy) is 1. The fraction of sp³-hybridized carbons (Fsp3) is 0.286. The molecule has 2 heterocycles. The number of aliphatic carboxylic acids is 1. The van der Waals surface area contributed by atoms with Gasteiger partial charge in [0, 0.05) is 5.56 Å².